The Morgan fingerprint density at radius 3 is 2.33 bits per heavy atom. The summed E-state index contributed by atoms with van der Waals surface area (Å²) in [5.41, 5.74) is 0.617. The predicted octanol–water partition coefficient (Wildman–Crippen LogP) is 4.90. The minimum absolute atomic E-state index is 0.211. The lowest BCUT2D eigenvalue weighted by molar-refractivity contribution is -0.125. The molecule has 0 heterocycles. The molecule has 1 atom stereocenters. The van der Waals surface area contributed by atoms with E-state index in [1.165, 1.54) is 0 Å². The molecular weight excluding hydrogens is 392 g/mol. The molecule has 0 bridgehead atoms. The fourth-order valence-electron chi connectivity index (χ4n) is 2.75. The standard InChI is InChI=1S/C23H19F2NO4/c1-2-29-20-11-7-6-10-19(20)26-22(27)21(15-8-4-3-5-9-15)30-23(28)16-12-13-17(24)18(25)14-16/h3-14,21H,2H2,1H3,(H,26,27). The second-order valence-electron chi connectivity index (χ2n) is 6.24. The van der Waals surface area contributed by atoms with Crippen molar-refractivity contribution < 1.29 is 27.8 Å². The second-order valence-corrected chi connectivity index (χ2v) is 6.24. The number of hydrogen-bond acceptors (Lipinski definition) is 4. The summed E-state index contributed by atoms with van der Waals surface area (Å²) in [6.07, 6.45) is -1.32. The maximum atomic E-state index is 13.5. The monoisotopic (exact) mass is 411 g/mol. The highest BCUT2D eigenvalue weighted by atomic mass is 19.2. The quantitative estimate of drug-likeness (QED) is 0.562. The Morgan fingerprint density at radius 2 is 1.63 bits per heavy atom. The van der Waals surface area contributed by atoms with Crippen LogP contribution < -0.4 is 10.1 Å². The Labute approximate surface area is 172 Å². The van der Waals surface area contributed by atoms with Crippen LogP contribution in [0.4, 0.5) is 14.5 Å². The first-order valence-electron chi connectivity index (χ1n) is 9.23. The van der Waals surface area contributed by atoms with E-state index >= 15 is 0 Å². The van der Waals surface area contributed by atoms with Crippen molar-refractivity contribution in [3.05, 3.63) is 95.6 Å². The van der Waals surface area contributed by atoms with Crippen LogP contribution in [0.5, 0.6) is 5.75 Å². The van der Waals surface area contributed by atoms with Gasteiger partial charge >= 0.3 is 5.97 Å². The first-order valence-corrected chi connectivity index (χ1v) is 9.23. The van der Waals surface area contributed by atoms with Gasteiger partial charge in [0, 0.05) is 5.56 Å². The molecule has 0 radical (unpaired) electrons. The van der Waals surface area contributed by atoms with Gasteiger partial charge in [0.1, 0.15) is 5.75 Å². The highest BCUT2D eigenvalue weighted by molar-refractivity contribution is 5.99. The van der Waals surface area contributed by atoms with Gasteiger partial charge < -0.3 is 14.8 Å². The zero-order chi connectivity index (χ0) is 21.5. The lowest BCUT2D eigenvalue weighted by atomic mass is 10.1. The number of halogens is 2. The van der Waals surface area contributed by atoms with Crippen molar-refractivity contribution in [2.75, 3.05) is 11.9 Å². The number of carbonyl (C=O) groups excluding carboxylic acids is 2. The highest BCUT2D eigenvalue weighted by Gasteiger charge is 2.27. The predicted molar refractivity (Wildman–Crippen MR) is 107 cm³/mol. The van der Waals surface area contributed by atoms with E-state index in [1.807, 2.05) is 6.92 Å². The van der Waals surface area contributed by atoms with E-state index in [9.17, 15) is 18.4 Å². The first kappa shape index (κ1) is 21.0. The summed E-state index contributed by atoms with van der Waals surface area (Å²) in [6, 6.07) is 17.8. The number of carbonyl (C=O) groups is 2. The minimum atomic E-state index is -1.32. The molecule has 7 heteroatoms. The Hall–Kier alpha value is -3.74. The Bertz CT molecular complexity index is 1040. The van der Waals surface area contributed by atoms with Crippen LogP contribution in [-0.2, 0) is 9.53 Å². The van der Waals surface area contributed by atoms with Crippen LogP contribution in [0.15, 0.2) is 72.8 Å². The van der Waals surface area contributed by atoms with Gasteiger partial charge in [-0.2, -0.15) is 0 Å². The van der Waals surface area contributed by atoms with E-state index in [2.05, 4.69) is 5.32 Å². The number of amides is 1. The van der Waals surface area contributed by atoms with Crippen molar-refractivity contribution in [1.29, 1.82) is 0 Å². The third kappa shape index (κ3) is 5.00. The van der Waals surface area contributed by atoms with Crippen LogP contribution >= 0.6 is 0 Å². The zero-order valence-corrected chi connectivity index (χ0v) is 16.1. The fourth-order valence-corrected chi connectivity index (χ4v) is 2.75. The molecule has 1 N–H and O–H groups in total. The van der Waals surface area contributed by atoms with E-state index in [0.717, 1.165) is 18.2 Å². The Morgan fingerprint density at radius 1 is 0.933 bits per heavy atom. The van der Waals surface area contributed by atoms with Gasteiger partial charge in [0.2, 0.25) is 6.10 Å². The molecule has 154 valence electrons. The minimum Gasteiger partial charge on any atom is -0.492 e. The largest absolute Gasteiger partial charge is 0.492 e. The molecule has 1 unspecified atom stereocenters. The molecule has 0 aliphatic carbocycles. The molecule has 0 saturated heterocycles. The summed E-state index contributed by atoms with van der Waals surface area (Å²) in [7, 11) is 0. The van der Waals surface area contributed by atoms with Gasteiger partial charge in [0.25, 0.3) is 5.91 Å². The molecule has 3 aromatic carbocycles. The van der Waals surface area contributed by atoms with E-state index < -0.39 is 29.6 Å². The summed E-state index contributed by atoms with van der Waals surface area (Å²) in [4.78, 5) is 25.5. The number of para-hydroxylation sites is 2. The lowest BCUT2D eigenvalue weighted by Gasteiger charge is -2.19. The average molecular weight is 411 g/mol. The summed E-state index contributed by atoms with van der Waals surface area (Å²) in [5.74, 6) is -3.39. The third-order valence-corrected chi connectivity index (χ3v) is 4.17. The molecule has 30 heavy (non-hydrogen) atoms. The van der Waals surface area contributed by atoms with Crippen LogP contribution in [0.2, 0.25) is 0 Å². The van der Waals surface area contributed by atoms with Crippen LogP contribution in [0.25, 0.3) is 0 Å². The molecule has 0 fully saturated rings. The van der Waals surface area contributed by atoms with Gasteiger partial charge in [0.05, 0.1) is 17.9 Å². The van der Waals surface area contributed by atoms with Crippen LogP contribution in [0.1, 0.15) is 28.9 Å². The fraction of sp³-hybridized carbons (Fsp3) is 0.130. The van der Waals surface area contributed by atoms with Crippen molar-refractivity contribution in [3.8, 4) is 5.75 Å². The topological polar surface area (TPSA) is 64.6 Å². The van der Waals surface area contributed by atoms with Gasteiger partial charge in [-0.1, -0.05) is 42.5 Å². The van der Waals surface area contributed by atoms with Crippen molar-refractivity contribution in [3.63, 3.8) is 0 Å². The average Bonchev–Trinajstić information content (AvgIpc) is 2.76. The third-order valence-electron chi connectivity index (χ3n) is 4.17. The van der Waals surface area contributed by atoms with Crippen molar-refractivity contribution in [1.82, 2.24) is 0 Å². The van der Waals surface area contributed by atoms with E-state index in [-0.39, 0.29) is 5.56 Å². The van der Waals surface area contributed by atoms with Crippen molar-refractivity contribution in [2.24, 2.45) is 0 Å². The maximum Gasteiger partial charge on any atom is 0.339 e. The van der Waals surface area contributed by atoms with Crippen LogP contribution in [0, 0.1) is 11.6 Å². The highest BCUT2D eigenvalue weighted by Crippen LogP contribution is 2.27. The number of benzene rings is 3. The Kier molecular flexibility index (Phi) is 6.75. The number of rotatable bonds is 7. The molecule has 0 aromatic heterocycles. The van der Waals surface area contributed by atoms with Crippen molar-refractivity contribution >= 4 is 17.6 Å². The van der Waals surface area contributed by atoms with Gasteiger partial charge in [-0.25, -0.2) is 13.6 Å². The lowest BCUT2D eigenvalue weighted by Crippen LogP contribution is -2.26. The van der Waals surface area contributed by atoms with Gasteiger partial charge in [-0.15, -0.1) is 0 Å². The Balaban J connectivity index is 1.87. The molecule has 5 nitrogen and oxygen atoms in total. The van der Waals surface area contributed by atoms with Gasteiger partial charge in [0.15, 0.2) is 11.6 Å². The van der Waals surface area contributed by atoms with E-state index in [4.69, 9.17) is 9.47 Å². The number of esters is 1. The second kappa shape index (κ2) is 9.65. The molecule has 0 spiro atoms. The molecular formula is C23H19F2NO4. The van der Waals surface area contributed by atoms with E-state index in [1.54, 1.807) is 54.6 Å². The molecule has 3 aromatic rings. The maximum absolute atomic E-state index is 13.5. The summed E-state index contributed by atoms with van der Waals surface area (Å²) in [5, 5.41) is 2.70. The SMILES string of the molecule is CCOc1ccccc1NC(=O)C(OC(=O)c1ccc(F)c(F)c1)c1ccccc1. The molecule has 0 aliphatic heterocycles. The molecule has 0 aliphatic rings. The van der Waals surface area contributed by atoms with Gasteiger partial charge in [-0.3, -0.25) is 4.79 Å². The summed E-state index contributed by atoms with van der Waals surface area (Å²) in [6.45, 7) is 2.22. The molecule has 3 rings (SSSR count). The molecule has 0 saturated carbocycles. The summed E-state index contributed by atoms with van der Waals surface area (Å²) >= 11 is 0. The van der Waals surface area contributed by atoms with Crippen molar-refractivity contribution in [2.45, 2.75) is 13.0 Å². The number of ether oxygens (including phenoxy) is 2. The number of hydrogen-bond donors (Lipinski definition) is 1. The summed E-state index contributed by atoms with van der Waals surface area (Å²) < 4.78 is 37.5. The normalized spacial score (nSPS) is 11.4. The van der Waals surface area contributed by atoms with Crippen LogP contribution in [0.3, 0.4) is 0 Å². The first-order chi connectivity index (χ1) is 14.5. The van der Waals surface area contributed by atoms with E-state index in [0.29, 0.717) is 23.6 Å². The smallest absolute Gasteiger partial charge is 0.339 e. The number of nitrogens with one attached hydrogen (secondary N) is 1. The molecule has 1 amide bonds. The zero-order valence-electron chi connectivity index (χ0n) is 16.1. The number of anilines is 1. The van der Waals surface area contributed by atoms with Crippen LogP contribution in [-0.4, -0.2) is 18.5 Å². The van der Waals surface area contributed by atoms with Gasteiger partial charge in [-0.05, 0) is 37.3 Å².